The molecule has 3 heteroatoms. The van der Waals surface area contributed by atoms with Crippen LogP contribution in [0.4, 0.5) is 4.39 Å². The van der Waals surface area contributed by atoms with E-state index in [4.69, 9.17) is 11.6 Å². The molecule has 0 aliphatic heterocycles. The zero-order valence-corrected chi connectivity index (χ0v) is 11.6. The lowest BCUT2D eigenvalue weighted by molar-refractivity contribution is 0.617. The Morgan fingerprint density at radius 2 is 1.65 bits per heavy atom. The average Bonchev–Trinajstić information content (AvgIpc) is 2.33. The lowest BCUT2D eigenvalue weighted by Gasteiger charge is -2.11. The van der Waals surface area contributed by atoms with Crippen LogP contribution in [0.3, 0.4) is 0 Å². The second-order valence-corrected chi connectivity index (χ2v) is 5.27. The Kier molecular flexibility index (Phi) is 3.85. The Morgan fingerprint density at radius 3 is 2.24 bits per heavy atom. The molecule has 1 unspecified atom stereocenters. The van der Waals surface area contributed by atoms with Crippen LogP contribution in [0, 0.1) is 12.7 Å². The smallest absolute Gasteiger partial charge is 0.126 e. The predicted octanol–water partition coefficient (Wildman–Crippen LogP) is 5.22. The van der Waals surface area contributed by atoms with Gasteiger partial charge in [0.05, 0.1) is 5.38 Å². The van der Waals surface area contributed by atoms with Gasteiger partial charge in [-0.15, -0.1) is 11.6 Å². The third kappa shape index (κ3) is 2.88. The second-order valence-electron chi connectivity index (χ2n) is 3.92. The Bertz CT molecular complexity index is 522. The quantitative estimate of drug-likeness (QED) is 0.666. The zero-order valence-electron chi connectivity index (χ0n) is 9.25. The number of rotatable bonds is 2. The van der Waals surface area contributed by atoms with Crippen molar-refractivity contribution in [2.45, 2.75) is 12.3 Å². The minimum Gasteiger partial charge on any atom is -0.207 e. The fourth-order valence-corrected chi connectivity index (χ4v) is 2.20. The van der Waals surface area contributed by atoms with Crippen molar-refractivity contribution in [2.75, 3.05) is 0 Å². The van der Waals surface area contributed by atoms with E-state index in [9.17, 15) is 4.39 Å². The normalized spacial score (nSPS) is 12.5. The molecule has 0 amide bonds. The van der Waals surface area contributed by atoms with Crippen LogP contribution >= 0.6 is 27.5 Å². The number of aryl methyl sites for hydroxylation is 1. The lowest BCUT2D eigenvalue weighted by atomic mass is 10.0. The van der Waals surface area contributed by atoms with Crippen molar-refractivity contribution in [1.82, 2.24) is 0 Å². The van der Waals surface area contributed by atoms with Crippen LogP contribution in [0.2, 0.25) is 0 Å². The maximum absolute atomic E-state index is 13.2. The van der Waals surface area contributed by atoms with Crippen molar-refractivity contribution in [3.8, 4) is 0 Å². The van der Waals surface area contributed by atoms with Crippen LogP contribution in [0.5, 0.6) is 0 Å². The largest absolute Gasteiger partial charge is 0.207 e. The van der Waals surface area contributed by atoms with Gasteiger partial charge in [-0.25, -0.2) is 4.39 Å². The predicted molar refractivity (Wildman–Crippen MR) is 73.0 cm³/mol. The maximum Gasteiger partial charge on any atom is 0.126 e. The standard InChI is InChI=1S/C14H11BrClF/c1-9-8-11(4-7-13(9)17)14(16)10-2-5-12(15)6-3-10/h2-8,14H,1H3. The summed E-state index contributed by atoms with van der Waals surface area (Å²) < 4.78 is 14.2. The summed E-state index contributed by atoms with van der Waals surface area (Å²) >= 11 is 9.75. The van der Waals surface area contributed by atoms with Crippen molar-refractivity contribution in [1.29, 1.82) is 0 Å². The van der Waals surface area contributed by atoms with Crippen molar-refractivity contribution in [2.24, 2.45) is 0 Å². The molecule has 0 N–H and O–H groups in total. The van der Waals surface area contributed by atoms with Crippen LogP contribution < -0.4 is 0 Å². The number of benzene rings is 2. The molecule has 0 nitrogen and oxygen atoms in total. The van der Waals surface area contributed by atoms with E-state index in [1.165, 1.54) is 6.07 Å². The molecule has 2 aromatic carbocycles. The molecule has 17 heavy (non-hydrogen) atoms. The van der Waals surface area contributed by atoms with E-state index < -0.39 is 0 Å². The summed E-state index contributed by atoms with van der Waals surface area (Å²) in [7, 11) is 0. The highest BCUT2D eigenvalue weighted by molar-refractivity contribution is 9.10. The number of halogens is 3. The minimum absolute atomic E-state index is 0.201. The minimum atomic E-state index is -0.248. The molecule has 0 bridgehead atoms. The highest BCUT2D eigenvalue weighted by Crippen LogP contribution is 2.30. The third-order valence-corrected chi connectivity index (χ3v) is 3.67. The monoisotopic (exact) mass is 312 g/mol. The van der Waals surface area contributed by atoms with Crippen LogP contribution in [-0.2, 0) is 0 Å². The van der Waals surface area contributed by atoms with E-state index in [1.807, 2.05) is 24.3 Å². The van der Waals surface area contributed by atoms with Gasteiger partial charge in [-0.2, -0.15) is 0 Å². The summed E-state index contributed by atoms with van der Waals surface area (Å²) in [6.45, 7) is 1.74. The number of alkyl halides is 1. The first kappa shape index (κ1) is 12.6. The van der Waals surface area contributed by atoms with E-state index in [0.717, 1.165) is 15.6 Å². The SMILES string of the molecule is Cc1cc(C(Cl)c2ccc(Br)cc2)ccc1F. The van der Waals surface area contributed by atoms with Gasteiger partial charge in [0.1, 0.15) is 5.82 Å². The van der Waals surface area contributed by atoms with Gasteiger partial charge in [0.15, 0.2) is 0 Å². The van der Waals surface area contributed by atoms with Crippen molar-refractivity contribution < 1.29 is 4.39 Å². The van der Waals surface area contributed by atoms with Gasteiger partial charge in [-0.05, 0) is 41.8 Å². The van der Waals surface area contributed by atoms with Gasteiger partial charge >= 0.3 is 0 Å². The second kappa shape index (κ2) is 5.19. The van der Waals surface area contributed by atoms with Crippen LogP contribution in [0.1, 0.15) is 22.1 Å². The number of hydrogen-bond donors (Lipinski definition) is 0. The van der Waals surface area contributed by atoms with Crippen LogP contribution in [0.15, 0.2) is 46.9 Å². The highest BCUT2D eigenvalue weighted by Gasteiger charge is 2.11. The molecule has 2 aromatic rings. The molecule has 0 saturated carbocycles. The summed E-state index contributed by atoms with van der Waals surface area (Å²) in [4.78, 5) is 0. The first-order valence-corrected chi connectivity index (χ1v) is 6.46. The Morgan fingerprint density at radius 1 is 1.06 bits per heavy atom. The summed E-state index contributed by atoms with van der Waals surface area (Å²) in [5.41, 5.74) is 2.53. The Hall–Kier alpha value is -0.860. The molecule has 2 rings (SSSR count). The van der Waals surface area contributed by atoms with E-state index in [-0.39, 0.29) is 11.2 Å². The van der Waals surface area contributed by atoms with Crippen molar-refractivity contribution >= 4 is 27.5 Å². The van der Waals surface area contributed by atoms with Crippen molar-refractivity contribution in [3.63, 3.8) is 0 Å². The molecule has 0 aromatic heterocycles. The molecule has 0 spiro atoms. The fraction of sp³-hybridized carbons (Fsp3) is 0.143. The molecular weight excluding hydrogens is 303 g/mol. The van der Waals surface area contributed by atoms with Gasteiger partial charge in [-0.3, -0.25) is 0 Å². The summed E-state index contributed by atoms with van der Waals surface area (Å²) in [5.74, 6) is -0.201. The number of hydrogen-bond acceptors (Lipinski definition) is 0. The summed E-state index contributed by atoms with van der Waals surface area (Å²) in [6.07, 6.45) is 0. The molecular formula is C14H11BrClF. The maximum atomic E-state index is 13.2. The van der Waals surface area contributed by atoms with Gasteiger partial charge < -0.3 is 0 Å². The molecule has 88 valence electrons. The molecule has 0 aliphatic rings. The molecule has 0 heterocycles. The van der Waals surface area contributed by atoms with Crippen LogP contribution in [-0.4, -0.2) is 0 Å². The molecule has 0 saturated heterocycles. The van der Waals surface area contributed by atoms with Gasteiger partial charge in [0.25, 0.3) is 0 Å². The zero-order chi connectivity index (χ0) is 12.4. The molecule has 0 aliphatic carbocycles. The Balaban J connectivity index is 2.33. The van der Waals surface area contributed by atoms with E-state index in [0.29, 0.717) is 5.56 Å². The topological polar surface area (TPSA) is 0 Å². The first-order chi connectivity index (χ1) is 8.08. The van der Waals surface area contributed by atoms with Gasteiger partial charge in [0, 0.05) is 4.47 Å². The fourth-order valence-electron chi connectivity index (χ4n) is 1.65. The summed E-state index contributed by atoms with van der Waals surface area (Å²) in [5, 5.41) is -0.248. The highest BCUT2D eigenvalue weighted by atomic mass is 79.9. The lowest BCUT2D eigenvalue weighted by Crippen LogP contribution is -1.95. The summed E-state index contributed by atoms with van der Waals surface area (Å²) in [6, 6.07) is 12.8. The molecule has 1 atom stereocenters. The average molecular weight is 314 g/mol. The van der Waals surface area contributed by atoms with Crippen LogP contribution in [0.25, 0.3) is 0 Å². The van der Waals surface area contributed by atoms with Gasteiger partial charge in [-0.1, -0.05) is 40.2 Å². The van der Waals surface area contributed by atoms with E-state index >= 15 is 0 Å². The molecule has 0 fully saturated rings. The van der Waals surface area contributed by atoms with Gasteiger partial charge in [0.2, 0.25) is 0 Å². The Labute approximate surface area is 114 Å². The van der Waals surface area contributed by atoms with E-state index in [1.54, 1.807) is 19.1 Å². The van der Waals surface area contributed by atoms with Crippen molar-refractivity contribution in [3.05, 3.63) is 69.4 Å². The molecule has 0 radical (unpaired) electrons. The first-order valence-electron chi connectivity index (χ1n) is 5.23. The third-order valence-electron chi connectivity index (χ3n) is 2.64. The van der Waals surface area contributed by atoms with E-state index in [2.05, 4.69) is 15.9 Å².